The summed E-state index contributed by atoms with van der Waals surface area (Å²) in [5.41, 5.74) is 3.59. The van der Waals surface area contributed by atoms with Crippen molar-refractivity contribution in [1.29, 1.82) is 0 Å². The monoisotopic (exact) mass is 984 g/mol. The Balaban J connectivity index is 0.000000166. The highest BCUT2D eigenvalue weighted by molar-refractivity contribution is 7.93. The van der Waals surface area contributed by atoms with E-state index in [-0.39, 0.29) is 34.4 Å². The molecular formula is C42H50F2N12O6S4. The maximum Gasteiger partial charge on any atom is 0.266 e. The predicted molar refractivity (Wildman–Crippen MR) is 242 cm³/mol. The number of anilines is 2. The lowest BCUT2D eigenvalue weighted by atomic mass is 9.87. The molecule has 0 radical (unpaired) electrons. The first-order chi connectivity index (χ1) is 31.7. The zero-order chi connectivity index (χ0) is 46.3. The molecule has 2 aromatic carbocycles. The van der Waals surface area contributed by atoms with Gasteiger partial charge in [0.15, 0.2) is 0 Å². The van der Waals surface area contributed by atoms with Gasteiger partial charge < -0.3 is 9.47 Å². The van der Waals surface area contributed by atoms with Crippen molar-refractivity contribution in [3.63, 3.8) is 0 Å². The highest BCUT2D eigenvalue weighted by atomic mass is 32.2. The van der Waals surface area contributed by atoms with Crippen LogP contribution >= 0.6 is 23.1 Å². The largest absolute Gasteiger partial charge is 0.493 e. The quantitative estimate of drug-likeness (QED) is 0.142. The second-order valence-electron chi connectivity index (χ2n) is 17.2. The van der Waals surface area contributed by atoms with E-state index in [0.29, 0.717) is 60.5 Å². The Labute approximate surface area is 389 Å². The summed E-state index contributed by atoms with van der Waals surface area (Å²) in [6.45, 7) is 7.08. The highest BCUT2D eigenvalue weighted by Gasteiger charge is 2.40. The van der Waals surface area contributed by atoms with E-state index in [4.69, 9.17) is 9.47 Å². The summed E-state index contributed by atoms with van der Waals surface area (Å²) in [4.78, 5) is 11.5. The summed E-state index contributed by atoms with van der Waals surface area (Å²) >= 11 is 1.76. The number of piperidine rings is 2. The molecule has 0 saturated carbocycles. The van der Waals surface area contributed by atoms with E-state index in [2.05, 4.69) is 62.0 Å². The second-order valence-corrected chi connectivity index (χ2v) is 22.0. The Morgan fingerprint density at radius 1 is 0.636 bits per heavy atom. The summed E-state index contributed by atoms with van der Waals surface area (Å²) < 4.78 is 109. The molecule has 0 amide bonds. The normalized spacial score (nSPS) is 23.7. The van der Waals surface area contributed by atoms with Crippen molar-refractivity contribution in [1.82, 2.24) is 48.1 Å². The molecule has 4 aliphatic heterocycles. The maximum atomic E-state index is 15.2. The van der Waals surface area contributed by atoms with Crippen molar-refractivity contribution in [2.24, 2.45) is 25.9 Å². The average Bonchev–Trinajstić information content (AvgIpc) is 4.14. The van der Waals surface area contributed by atoms with Crippen molar-refractivity contribution in [2.75, 3.05) is 35.7 Å². The molecule has 6 atom stereocenters. The van der Waals surface area contributed by atoms with Crippen LogP contribution in [0.2, 0.25) is 0 Å². The molecule has 0 aliphatic carbocycles. The van der Waals surface area contributed by atoms with Crippen molar-refractivity contribution < 1.29 is 35.1 Å². The third-order valence-corrected chi connectivity index (χ3v) is 17.0. The number of sulfonamides is 2. The third-order valence-electron chi connectivity index (χ3n) is 12.9. The van der Waals surface area contributed by atoms with Gasteiger partial charge >= 0.3 is 0 Å². The molecule has 10 rings (SSSR count). The number of ether oxygens (including phenoxy) is 2. The van der Waals surface area contributed by atoms with E-state index in [1.807, 2.05) is 35.6 Å². The molecule has 66 heavy (non-hydrogen) atoms. The van der Waals surface area contributed by atoms with Crippen LogP contribution in [0.1, 0.15) is 99.1 Å². The van der Waals surface area contributed by atoms with Gasteiger partial charge in [-0.1, -0.05) is 13.8 Å². The molecule has 0 spiro atoms. The molecule has 0 bridgehead atoms. The number of hydrogen-bond donors (Lipinski definition) is 2. The molecule has 24 heteroatoms. The summed E-state index contributed by atoms with van der Waals surface area (Å²) in [5, 5.41) is 8.85. The summed E-state index contributed by atoms with van der Waals surface area (Å²) in [6, 6.07) is 9.38. The van der Waals surface area contributed by atoms with Crippen LogP contribution in [0.5, 0.6) is 11.5 Å². The van der Waals surface area contributed by atoms with Gasteiger partial charge in [-0.3, -0.25) is 28.6 Å². The van der Waals surface area contributed by atoms with Crippen LogP contribution in [-0.2, 0) is 34.1 Å². The fraction of sp³-hybridized carbons (Fsp3) is 0.476. The summed E-state index contributed by atoms with van der Waals surface area (Å²) in [5.74, 6) is 0.292. The first kappa shape index (κ1) is 46.0. The van der Waals surface area contributed by atoms with Gasteiger partial charge in [0.2, 0.25) is 10.3 Å². The molecule has 18 nitrogen and oxygen atoms in total. The summed E-state index contributed by atoms with van der Waals surface area (Å²) in [7, 11) is -4.47. The molecule has 6 aromatic rings. The maximum absolute atomic E-state index is 15.2. The van der Waals surface area contributed by atoms with Crippen LogP contribution < -0.4 is 18.9 Å². The van der Waals surface area contributed by atoms with E-state index < -0.39 is 41.5 Å². The Hall–Kier alpha value is -5.14. The Morgan fingerprint density at radius 2 is 1.06 bits per heavy atom. The number of aromatic nitrogens is 8. The lowest BCUT2D eigenvalue weighted by Crippen LogP contribution is -2.41. The van der Waals surface area contributed by atoms with E-state index in [9.17, 15) is 16.8 Å². The number of halogens is 2. The number of fused-ring (bicyclic) bond motifs is 2. The number of benzene rings is 2. The van der Waals surface area contributed by atoms with Crippen molar-refractivity contribution in [3.05, 3.63) is 95.6 Å². The van der Waals surface area contributed by atoms with Gasteiger partial charge in [0, 0.05) is 97.7 Å². The summed E-state index contributed by atoms with van der Waals surface area (Å²) in [6.07, 6.45) is 11.5. The van der Waals surface area contributed by atoms with Gasteiger partial charge in [-0.2, -0.15) is 18.9 Å². The minimum absolute atomic E-state index is 0.0763. The minimum atomic E-state index is -4.17. The fourth-order valence-electron chi connectivity index (χ4n) is 9.69. The second kappa shape index (κ2) is 18.9. The third kappa shape index (κ3) is 9.39. The topological polar surface area (TPSA) is 204 Å². The molecule has 2 fully saturated rings. The molecule has 352 valence electrons. The first-order valence-corrected chi connectivity index (χ1v) is 26.2. The van der Waals surface area contributed by atoms with E-state index >= 15 is 8.78 Å². The fourth-order valence-corrected chi connectivity index (χ4v) is 13.2. The van der Waals surface area contributed by atoms with Gasteiger partial charge in [0.1, 0.15) is 45.6 Å². The first-order valence-electron chi connectivity index (χ1n) is 21.7. The van der Waals surface area contributed by atoms with Crippen LogP contribution in [0, 0.1) is 23.5 Å². The molecule has 4 aliphatic rings. The molecule has 8 heterocycles. The standard InChI is InChI=1S/2C21H25FN6O3S2/c2*1-13-4-7-28(18(9-13)17-3-6-24-27(17)2)16-5-8-31-19-11-20(15(22)10-14(16)19)33(29,30)26-21-23-12-25-32-21/h2*3,6,10-13,16,18H,4-5,7-9H2,1-2H3,(H,23,25,26)/t13-,16+,18+;13-,16-,18+/m01/s1. The molecule has 0 unspecified atom stereocenters. The lowest BCUT2D eigenvalue weighted by Gasteiger charge is -2.45. The number of nitrogens with one attached hydrogen (secondary N) is 2. The van der Waals surface area contributed by atoms with Gasteiger partial charge in [0.05, 0.1) is 36.7 Å². The van der Waals surface area contributed by atoms with Gasteiger partial charge in [0.25, 0.3) is 20.0 Å². The van der Waals surface area contributed by atoms with Crippen molar-refractivity contribution in [3.8, 4) is 11.5 Å². The van der Waals surface area contributed by atoms with Crippen molar-refractivity contribution >= 4 is 53.4 Å². The molecule has 2 N–H and O–H groups in total. The van der Waals surface area contributed by atoms with Gasteiger partial charge in [-0.05, 0) is 74.9 Å². The smallest absolute Gasteiger partial charge is 0.266 e. The van der Waals surface area contributed by atoms with E-state index in [1.54, 1.807) is 12.4 Å². The Kier molecular flexibility index (Phi) is 13.1. The van der Waals surface area contributed by atoms with E-state index in [1.165, 1.54) is 36.9 Å². The zero-order valence-electron chi connectivity index (χ0n) is 36.6. The van der Waals surface area contributed by atoms with Gasteiger partial charge in [-0.25, -0.2) is 35.6 Å². The number of nitrogens with zero attached hydrogens (tertiary/aromatic N) is 10. The number of likely N-dealkylation sites (tertiary alicyclic amines) is 2. The van der Waals surface area contributed by atoms with Crippen LogP contribution in [0.25, 0.3) is 0 Å². The van der Waals surface area contributed by atoms with Crippen LogP contribution in [-0.4, -0.2) is 91.2 Å². The van der Waals surface area contributed by atoms with Crippen LogP contribution in [0.4, 0.5) is 19.0 Å². The SMILES string of the molecule is C[C@@H]1CCN([C@@H]2CCOc3cc(S(=O)(=O)Nc4ncns4)c(F)cc32)[C@H](c2ccnn2C)C1.C[C@H]1CCN([C@@H]2CCOc3cc(S(=O)(=O)Nc4ncns4)c(F)cc32)[C@@H](c2ccnn2C)C1. The zero-order valence-corrected chi connectivity index (χ0v) is 39.9. The predicted octanol–water partition coefficient (Wildman–Crippen LogP) is 7.02. The lowest BCUT2D eigenvalue weighted by molar-refractivity contribution is 0.0447. The number of aryl methyl sites for hydroxylation is 2. The van der Waals surface area contributed by atoms with Crippen LogP contribution in [0.15, 0.2) is 71.2 Å². The van der Waals surface area contributed by atoms with Crippen molar-refractivity contribution in [2.45, 2.75) is 86.3 Å². The Morgan fingerprint density at radius 3 is 1.42 bits per heavy atom. The number of rotatable bonds is 10. The van der Waals surface area contributed by atoms with Gasteiger partial charge in [-0.15, -0.1) is 0 Å². The van der Waals surface area contributed by atoms with Crippen LogP contribution in [0.3, 0.4) is 0 Å². The highest BCUT2D eigenvalue weighted by Crippen LogP contribution is 2.47. The number of hydrogen-bond acceptors (Lipinski definition) is 16. The Bertz CT molecular complexity index is 2690. The average molecular weight is 985 g/mol. The molecule has 2 saturated heterocycles. The minimum Gasteiger partial charge on any atom is -0.493 e. The van der Waals surface area contributed by atoms with E-state index in [0.717, 1.165) is 73.2 Å². The molecular weight excluding hydrogens is 935 g/mol. The molecule has 4 aromatic heterocycles.